The number of likely N-dealkylation sites (tertiary alicyclic amines) is 1. The topological polar surface area (TPSA) is 47.6 Å². The lowest BCUT2D eigenvalue weighted by Gasteiger charge is -2.35. The molecule has 0 aromatic heterocycles. The summed E-state index contributed by atoms with van der Waals surface area (Å²) in [6, 6.07) is 10.8. The predicted molar refractivity (Wildman–Crippen MR) is 109 cm³/mol. The molecule has 146 valence electrons. The van der Waals surface area contributed by atoms with Crippen molar-refractivity contribution in [1.29, 1.82) is 0 Å². The third-order valence-electron chi connectivity index (χ3n) is 5.36. The van der Waals surface area contributed by atoms with Gasteiger partial charge < -0.3 is 20.4 Å². The van der Waals surface area contributed by atoms with Crippen LogP contribution >= 0.6 is 12.4 Å². The van der Waals surface area contributed by atoms with Crippen molar-refractivity contribution in [3.8, 4) is 0 Å². The van der Waals surface area contributed by atoms with Crippen LogP contribution in [0.3, 0.4) is 0 Å². The monoisotopic (exact) mass is 380 g/mol. The fourth-order valence-corrected chi connectivity index (χ4v) is 3.86. The van der Waals surface area contributed by atoms with Crippen LogP contribution in [-0.4, -0.2) is 67.7 Å². The molecular weight excluding hydrogens is 348 g/mol. The third-order valence-corrected chi connectivity index (χ3v) is 5.36. The number of carbonyl (C=O) groups is 1. The van der Waals surface area contributed by atoms with Crippen molar-refractivity contribution in [2.45, 2.75) is 38.1 Å². The van der Waals surface area contributed by atoms with Crippen LogP contribution in [0.5, 0.6) is 0 Å². The number of hydrogen-bond donors (Lipinski definition) is 2. The lowest BCUT2D eigenvalue weighted by molar-refractivity contribution is 0.150. The van der Waals surface area contributed by atoms with Gasteiger partial charge in [0.25, 0.3) is 0 Å². The summed E-state index contributed by atoms with van der Waals surface area (Å²) in [5.41, 5.74) is 1.27. The van der Waals surface area contributed by atoms with Crippen LogP contribution in [0.2, 0.25) is 0 Å². The van der Waals surface area contributed by atoms with E-state index in [2.05, 4.69) is 32.6 Å². The fourth-order valence-electron chi connectivity index (χ4n) is 3.86. The minimum atomic E-state index is 0. The Hall–Kier alpha value is -1.30. The van der Waals surface area contributed by atoms with Crippen LogP contribution in [0.4, 0.5) is 4.79 Å². The van der Waals surface area contributed by atoms with E-state index in [1.54, 1.807) is 0 Å². The number of nitrogens with zero attached hydrogens (tertiary/aromatic N) is 2. The Morgan fingerprint density at radius 3 is 2.65 bits per heavy atom. The SMILES string of the molecule is Cl.O=C(NCCc1ccccc1)N(CCN1CCCC1)C1CCCNC1. The number of piperidine rings is 1. The van der Waals surface area contributed by atoms with Crippen LogP contribution in [0, 0.1) is 0 Å². The van der Waals surface area contributed by atoms with E-state index < -0.39 is 0 Å². The van der Waals surface area contributed by atoms with E-state index in [4.69, 9.17) is 0 Å². The second-order valence-corrected chi connectivity index (χ2v) is 7.21. The number of amides is 2. The zero-order valence-corrected chi connectivity index (χ0v) is 16.5. The molecule has 0 radical (unpaired) electrons. The van der Waals surface area contributed by atoms with Crippen LogP contribution in [0.15, 0.2) is 30.3 Å². The number of rotatable bonds is 7. The van der Waals surface area contributed by atoms with E-state index in [1.165, 1.54) is 31.5 Å². The van der Waals surface area contributed by atoms with Crippen LogP contribution < -0.4 is 10.6 Å². The lowest BCUT2D eigenvalue weighted by atomic mass is 10.1. The number of benzene rings is 1. The first-order valence-electron chi connectivity index (χ1n) is 9.84. The van der Waals surface area contributed by atoms with E-state index >= 15 is 0 Å². The highest BCUT2D eigenvalue weighted by molar-refractivity contribution is 5.85. The second kappa shape index (κ2) is 11.4. The maximum atomic E-state index is 12.8. The fraction of sp³-hybridized carbons (Fsp3) is 0.650. The molecule has 2 amide bonds. The Bertz CT molecular complexity index is 516. The summed E-state index contributed by atoms with van der Waals surface area (Å²) < 4.78 is 0. The molecular formula is C20H33ClN4O. The summed E-state index contributed by atoms with van der Waals surface area (Å²) in [7, 11) is 0. The summed E-state index contributed by atoms with van der Waals surface area (Å²) in [5, 5.41) is 6.59. The van der Waals surface area contributed by atoms with Gasteiger partial charge in [-0.1, -0.05) is 30.3 Å². The Morgan fingerprint density at radius 2 is 1.96 bits per heavy atom. The summed E-state index contributed by atoms with van der Waals surface area (Å²) in [4.78, 5) is 17.4. The molecule has 6 heteroatoms. The molecule has 0 saturated carbocycles. The molecule has 0 bridgehead atoms. The molecule has 5 nitrogen and oxygen atoms in total. The van der Waals surface area contributed by atoms with Crippen molar-refractivity contribution in [1.82, 2.24) is 20.4 Å². The molecule has 2 fully saturated rings. The highest BCUT2D eigenvalue weighted by Crippen LogP contribution is 2.13. The summed E-state index contributed by atoms with van der Waals surface area (Å²) in [5.74, 6) is 0. The molecule has 2 saturated heterocycles. The highest BCUT2D eigenvalue weighted by atomic mass is 35.5. The summed E-state index contributed by atoms with van der Waals surface area (Å²) >= 11 is 0. The quantitative estimate of drug-likeness (QED) is 0.764. The molecule has 0 aliphatic carbocycles. The number of halogens is 1. The number of nitrogens with one attached hydrogen (secondary N) is 2. The zero-order chi connectivity index (χ0) is 17.3. The van der Waals surface area contributed by atoms with Gasteiger partial charge in [0.2, 0.25) is 0 Å². The van der Waals surface area contributed by atoms with Gasteiger partial charge in [-0.15, -0.1) is 12.4 Å². The average Bonchev–Trinajstić information content (AvgIpc) is 3.17. The van der Waals surface area contributed by atoms with Gasteiger partial charge in [0.05, 0.1) is 0 Å². The largest absolute Gasteiger partial charge is 0.338 e. The third kappa shape index (κ3) is 6.45. The average molecular weight is 381 g/mol. The van der Waals surface area contributed by atoms with Crippen molar-refractivity contribution >= 4 is 18.4 Å². The summed E-state index contributed by atoms with van der Waals surface area (Å²) in [6.07, 6.45) is 5.75. The molecule has 2 N–H and O–H groups in total. The normalized spacial score (nSPS) is 20.4. The highest BCUT2D eigenvalue weighted by Gasteiger charge is 2.26. The lowest BCUT2D eigenvalue weighted by Crippen LogP contribution is -2.54. The van der Waals surface area contributed by atoms with Crippen molar-refractivity contribution in [2.24, 2.45) is 0 Å². The molecule has 1 aromatic rings. The molecule has 1 unspecified atom stereocenters. The van der Waals surface area contributed by atoms with Crippen molar-refractivity contribution < 1.29 is 4.79 Å². The molecule has 2 aliphatic heterocycles. The van der Waals surface area contributed by atoms with Gasteiger partial charge in [0.15, 0.2) is 0 Å². The van der Waals surface area contributed by atoms with Crippen LogP contribution in [0.25, 0.3) is 0 Å². The molecule has 3 rings (SSSR count). The number of carbonyl (C=O) groups excluding carboxylic acids is 1. The zero-order valence-electron chi connectivity index (χ0n) is 15.7. The predicted octanol–water partition coefficient (Wildman–Crippen LogP) is 2.51. The van der Waals surface area contributed by atoms with Crippen LogP contribution in [-0.2, 0) is 6.42 Å². The molecule has 1 aromatic carbocycles. The Balaban J connectivity index is 0.00000243. The maximum absolute atomic E-state index is 12.8. The Morgan fingerprint density at radius 1 is 1.19 bits per heavy atom. The van der Waals surface area contributed by atoms with Crippen molar-refractivity contribution in [2.75, 3.05) is 45.8 Å². The molecule has 26 heavy (non-hydrogen) atoms. The van der Waals surface area contributed by atoms with Crippen LogP contribution in [0.1, 0.15) is 31.2 Å². The standard InChI is InChI=1S/C20H32N4O.ClH/c25-20(22-12-10-18-7-2-1-3-8-18)24(19-9-6-11-21-17-19)16-15-23-13-4-5-14-23;/h1-3,7-8,19,21H,4-6,9-17H2,(H,22,25);1H. The molecule has 2 heterocycles. The van der Waals surface area contributed by atoms with E-state index in [9.17, 15) is 4.79 Å². The van der Waals surface area contributed by atoms with Gasteiger partial charge >= 0.3 is 6.03 Å². The van der Waals surface area contributed by atoms with E-state index in [-0.39, 0.29) is 18.4 Å². The van der Waals surface area contributed by atoms with Gasteiger partial charge in [-0.3, -0.25) is 0 Å². The minimum absolute atomic E-state index is 0. The maximum Gasteiger partial charge on any atom is 0.317 e. The number of urea groups is 1. The molecule has 2 aliphatic rings. The van der Waals surface area contributed by atoms with E-state index in [1.807, 2.05) is 18.2 Å². The Labute approximate surface area is 163 Å². The number of hydrogen-bond acceptors (Lipinski definition) is 3. The van der Waals surface area contributed by atoms with Gasteiger partial charge in [0, 0.05) is 32.2 Å². The van der Waals surface area contributed by atoms with Gasteiger partial charge in [-0.25, -0.2) is 4.79 Å². The van der Waals surface area contributed by atoms with E-state index in [0.717, 1.165) is 45.4 Å². The second-order valence-electron chi connectivity index (χ2n) is 7.21. The first-order chi connectivity index (χ1) is 12.3. The van der Waals surface area contributed by atoms with Gasteiger partial charge in [-0.2, -0.15) is 0 Å². The van der Waals surface area contributed by atoms with Crippen molar-refractivity contribution in [3.05, 3.63) is 35.9 Å². The first-order valence-corrected chi connectivity index (χ1v) is 9.84. The first kappa shape index (κ1) is 21.0. The molecule has 1 atom stereocenters. The summed E-state index contributed by atoms with van der Waals surface area (Å²) in [6.45, 7) is 6.91. The van der Waals surface area contributed by atoms with Gasteiger partial charge in [0.1, 0.15) is 0 Å². The van der Waals surface area contributed by atoms with Gasteiger partial charge in [-0.05, 0) is 57.3 Å². The van der Waals surface area contributed by atoms with Crippen molar-refractivity contribution in [3.63, 3.8) is 0 Å². The Kier molecular flexibility index (Phi) is 9.23. The molecule has 0 spiro atoms. The minimum Gasteiger partial charge on any atom is -0.338 e. The smallest absolute Gasteiger partial charge is 0.317 e. The van der Waals surface area contributed by atoms with E-state index in [0.29, 0.717) is 12.6 Å².